The van der Waals surface area contributed by atoms with Crippen LogP contribution in [-0.4, -0.2) is 41.5 Å². The summed E-state index contributed by atoms with van der Waals surface area (Å²) in [7, 11) is 0. The molecule has 2 aromatic carbocycles. The molecule has 2 amide bonds. The Hall–Kier alpha value is -3.33. The van der Waals surface area contributed by atoms with E-state index in [0.29, 0.717) is 28.1 Å². The summed E-state index contributed by atoms with van der Waals surface area (Å²) in [5.74, 6) is -0.529. The molecule has 0 unspecified atom stereocenters. The summed E-state index contributed by atoms with van der Waals surface area (Å²) in [6.45, 7) is 4.89. The van der Waals surface area contributed by atoms with Crippen molar-refractivity contribution in [2.45, 2.75) is 65.2 Å². The first-order chi connectivity index (χ1) is 21.5. The summed E-state index contributed by atoms with van der Waals surface area (Å²) in [5, 5.41) is 20.0. The first-order valence-corrected chi connectivity index (χ1v) is 16.6. The third-order valence-corrected chi connectivity index (χ3v) is 10.0. The van der Waals surface area contributed by atoms with E-state index in [1.54, 1.807) is 13.0 Å². The van der Waals surface area contributed by atoms with Gasteiger partial charge in [0.25, 0.3) is 5.91 Å². The van der Waals surface area contributed by atoms with Gasteiger partial charge in [-0.2, -0.15) is 10.1 Å². The van der Waals surface area contributed by atoms with Gasteiger partial charge in [0, 0.05) is 36.3 Å². The van der Waals surface area contributed by atoms with Crippen molar-refractivity contribution in [3.63, 3.8) is 0 Å². The molecular weight excluding hydrogens is 635 g/mol. The lowest BCUT2D eigenvalue weighted by molar-refractivity contribution is -0.115. The molecule has 0 saturated heterocycles. The molecule has 1 aliphatic heterocycles. The average Bonchev–Trinajstić information content (AvgIpc) is 3.74. The molecule has 0 spiro atoms. The van der Waals surface area contributed by atoms with Gasteiger partial charge < -0.3 is 15.3 Å². The second kappa shape index (κ2) is 12.8. The zero-order valence-corrected chi connectivity index (χ0v) is 27.5. The lowest BCUT2D eigenvalue weighted by atomic mass is 9.79. The van der Waals surface area contributed by atoms with Gasteiger partial charge in [-0.05, 0) is 74.8 Å². The Kier molecular flexibility index (Phi) is 9.01. The van der Waals surface area contributed by atoms with Crippen LogP contribution >= 0.6 is 34.8 Å². The summed E-state index contributed by atoms with van der Waals surface area (Å²) in [4.78, 5) is 42.0. The van der Waals surface area contributed by atoms with E-state index in [1.165, 1.54) is 70.4 Å². The maximum absolute atomic E-state index is 13.7. The van der Waals surface area contributed by atoms with Crippen molar-refractivity contribution < 1.29 is 19.5 Å². The maximum Gasteiger partial charge on any atom is 0.281 e. The zero-order valence-electron chi connectivity index (χ0n) is 25.3. The molecule has 0 atom stereocenters. The lowest BCUT2D eigenvalue weighted by Gasteiger charge is -2.32. The van der Waals surface area contributed by atoms with Gasteiger partial charge in [-0.1, -0.05) is 60.5 Å². The number of aliphatic hydroxyl groups is 1. The molecule has 2 aromatic rings. The molecule has 3 aliphatic carbocycles. The van der Waals surface area contributed by atoms with Crippen molar-refractivity contribution in [3.8, 4) is 0 Å². The van der Waals surface area contributed by atoms with E-state index < -0.39 is 11.7 Å². The Balaban J connectivity index is 1.35. The smallest absolute Gasteiger partial charge is 0.281 e. The second-order valence-corrected chi connectivity index (χ2v) is 13.7. The average molecular weight is 670 g/mol. The molecule has 236 valence electrons. The van der Waals surface area contributed by atoms with Gasteiger partial charge in [-0.3, -0.25) is 14.4 Å². The fraction of sp³-hybridized carbons (Fsp3) is 0.412. The summed E-state index contributed by atoms with van der Waals surface area (Å²) < 4.78 is 0. The molecule has 0 bridgehead atoms. The van der Waals surface area contributed by atoms with E-state index in [9.17, 15) is 19.5 Å². The van der Waals surface area contributed by atoms with E-state index >= 15 is 0 Å². The predicted octanol–water partition coefficient (Wildman–Crippen LogP) is 8.36. The first kappa shape index (κ1) is 31.6. The Morgan fingerprint density at radius 2 is 1.51 bits per heavy atom. The SMILES string of the molecule is CC(=O)Nc1cc(N(CC2CCCC2)CC2CCCC2)ccc1C1=C(O)C(=C2C(=O)N(c3c(Cl)cc(Cl)cc3Cl)N=C2C)C1=O. The van der Waals surface area contributed by atoms with Gasteiger partial charge in [-0.25, -0.2) is 0 Å². The van der Waals surface area contributed by atoms with Gasteiger partial charge >= 0.3 is 0 Å². The van der Waals surface area contributed by atoms with Gasteiger partial charge in [-0.15, -0.1) is 0 Å². The van der Waals surface area contributed by atoms with Crippen LogP contribution in [-0.2, 0) is 14.4 Å². The molecule has 8 nitrogen and oxygen atoms in total. The Morgan fingerprint density at radius 1 is 0.933 bits per heavy atom. The number of Topliss-reactive ketones (excluding diaryl/α,β-unsaturated/α-hetero) is 1. The quantitative estimate of drug-likeness (QED) is 0.275. The number of hydrogen-bond donors (Lipinski definition) is 2. The molecule has 0 aromatic heterocycles. The molecule has 2 N–H and O–H groups in total. The fourth-order valence-corrected chi connectivity index (χ4v) is 8.08. The molecule has 45 heavy (non-hydrogen) atoms. The molecule has 11 heteroatoms. The molecule has 4 aliphatic rings. The Morgan fingerprint density at radius 3 is 2.04 bits per heavy atom. The van der Waals surface area contributed by atoms with Gasteiger partial charge in [0.15, 0.2) is 0 Å². The maximum atomic E-state index is 13.7. The highest BCUT2D eigenvalue weighted by atomic mass is 35.5. The van der Waals surface area contributed by atoms with Crippen molar-refractivity contribution in [2.75, 3.05) is 28.3 Å². The van der Waals surface area contributed by atoms with Crippen LogP contribution in [0.3, 0.4) is 0 Å². The number of hydrogen-bond acceptors (Lipinski definition) is 6. The zero-order chi connectivity index (χ0) is 32.0. The fourth-order valence-electron chi connectivity index (χ4n) is 7.10. The molecule has 2 fully saturated rings. The number of halogens is 3. The number of hydrazone groups is 1. The molecule has 2 saturated carbocycles. The summed E-state index contributed by atoms with van der Waals surface area (Å²) >= 11 is 18.7. The van der Waals surface area contributed by atoms with Crippen LogP contribution in [0.15, 0.2) is 52.3 Å². The van der Waals surface area contributed by atoms with Crippen molar-refractivity contribution in [1.29, 1.82) is 0 Å². The van der Waals surface area contributed by atoms with E-state index in [1.807, 2.05) is 12.1 Å². The minimum Gasteiger partial charge on any atom is -0.506 e. The van der Waals surface area contributed by atoms with Crippen molar-refractivity contribution in [2.24, 2.45) is 16.9 Å². The number of aliphatic hydroxyl groups excluding tert-OH is 1. The second-order valence-electron chi connectivity index (χ2n) is 12.4. The third-order valence-electron chi connectivity index (χ3n) is 9.24. The predicted molar refractivity (Wildman–Crippen MR) is 181 cm³/mol. The van der Waals surface area contributed by atoms with Crippen LogP contribution < -0.4 is 15.2 Å². The number of ketones is 1. The Bertz CT molecular complexity index is 1640. The highest BCUT2D eigenvalue weighted by Crippen LogP contribution is 2.45. The number of carbonyl (C=O) groups is 3. The normalized spacial score (nSPS) is 20.7. The molecule has 1 heterocycles. The van der Waals surface area contributed by atoms with Crippen LogP contribution in [0.4, 0.5) is 17.1 Å². The number of nitrogens with zero attached hydrogens (tertiary/aromatic N) is 3. The van der Waals surface area contributed by atoms with Crippen LogP contribution in [0.1, 0.15) is 70.8 Å². The number of rotatable bonds is 8. The van der Waals surface area contributed by atoms with Crippen molar-refractivity contribution >= 4 is 80.7 Å². The van der Waals surface area contributed by atoms with Crippen LogP contribution in [0.2, 0.25) is 15.1 Å². The Labute approximate surface area is 277 Å². The summed E-state index contributed by atoms with van der Waals surface area (Å²) in [5.41, 5.74) is 2.02. The van der Waals surface area contributed by atoms with Gasteiger partial charge in [0.1, 0.15) is 11.4 Å². The van der Waals surface area contributed by atoms with Crippen molar-refractivity contribution in [1.82, 2.24) is 0 Å². The number of anilines is 3. The molecule has 6 rings (SSSR count). The van der Waals surface area contributed by atoms with E-state index in [0.717, 1.165) is 23.8 Å². The van der Waals surface area contributed by atoms with Crippen molar-refractivity contribution in [3.05, 3.63) is 67.9 Å². The topological polar surface area (TPSA) is 102 Å². The largest absolute Gasteiger partial charge is 0.506 e. The van der Waals surface area contributed by atoms with E-state index in [2.05, 4.69) is 15.3 Å². The molecular formula is C34H35Cl3N4O4. The van der Waals surface area contributed by atoms with Crippen LogP contribution in [0.5, 0.6) is 0 Å². The number of amides is 2. The highest BCUT2D eigenvalue weighted by molar-refractivity contribution is 6.47. The summed E-state index contributed by atoms with van der Waals surface area (Å²) in [6.07, 6.45) is 9.93. The number of nitrogens with one attached hydrogen (secondary N) is 1. The monoisotopic (exact) mass is 668 g/mol. The molecule has 0 radical (unpaired) electrons. The first-order valence-electron chi connectivity index (χ1n) is 15.5. The number of carbonyl (C=O) groups excluding carboxylic acids is 3. The van der Waals surface area contributed by atoms with E-state index in [4.69, 9.17) is 34.8 Å². The van der Waals surface area contributed by atoms with Gasteiger partial charge in [0.2, 0.25) is 11.7 Å². The summed E-state index contributed by atoms with van der Waals surface area (Å²) in [6, 6.07) is 8.52. The van der Waals surface area contributed by atoms with Crippen LogP contribution in [0, 0.1) is 11.8 Å². The number of allylic oxidation sites excluding steroid dienone is 2. The lowest BCUT2D eigenvalue weighted by Crippen LogP contribution is -2.33. The third kappa shape index (κ3) is 6.12. The minimum absolute atomic E-state index is 0.0348. The standard InChI is InChI=1S/C34H35Cl3N4O4/c1-18-28(34(45)41(39-18)31-25(36)13-22(35)14-26(31)37)30-32(43)29(33(30)44)24-12-11-23(15-27(24)38-19(2)42)40(16-20-7-3-4-8-20)17-21-9-5-6-10-21/h11-15,20-21,43H,3-10,16-17H2,1-2H3,(H,38,42). The minimum atomic E-state index is -0.653. The van der Waals surface area contributed by atoms with Crippen LogP contribution in [0.25, 0.3) is 5.57 Å². The highest BCUT2D eigenvalue weighted by Gasteiger charge is 2.44. The number of benzene rings is 2. The van der Waals surface area contributed by atoms with E-state index in [-0.39, 0.29) is 49.8 Å². The van der Waals surface area contributed by atoms with Gasteiger partial charge in [0.05, 0.1) is 38.2 Å².